The number of carbonyl (C=O) groups excluding carboxylic acids is 2. The average Bonchev–Trinajstić information content (AvgIpc) is 2.36. The molecule has 0 heterocycles. The quantitative estimate of drug-likeness (QED) is 0.613. The maximum absolute atomic E-state index is 11.7. The maximum Gasteiger partial charge on any atom is 0.317 e. The zero-order chi connectivity index (χ0) is 15.0. The molecule has 0 aromatic rings. The third-order valence-electron chi connectivity index (χ3n) is 2.86. The molecule has 0 aromatic carbocycles. The molecule has 0 rings (SSSR count). The zero-order valence-corrected chi connectivity index (χ0v) is 11.9. The van der Waals surface area contributed by atoms with Crippen LogP contribution in [0, 0.1) is 11.8 Å². The summed E-state index contributed by atoms with van der Waals surface area (Å²) in [5, 5.41) is 13.8. The van der Waals surface area contributed by atoms with E-state index in [1.54, 1.807) is 27.9 Å². The van der Waals surface area contributed by atoms with E-state index in [0.29, 0.717) is 19.5 Å². The van der Waals surface area contributed by atoms with E-state index in [0.717, 1.165) is 0 Å². The Bertz CT molecular complexity index is 333. The second-order valence-corrected chi connectivity index (χ2v) is 4.66. The topological polar surface area (TPSA) is 98.7 Å². The van der Waals surface area contributed by atoms with Crippen LogP contribution in [-0.4, -0.2) is 55.1 Å². The number of nitrogens with one attached hydrogen (secondary N) is 2. The Morgan fingerprint density at radius 2 is 1.79 bits per heavy atom. The molecule has 0 bridgehead atoms. The molecule has 0 aromatic heterocycles. The lowest BCUT2D eigenvalue weighted by atomic mass is 10.1. The largest absolute Gasteiger partial charge is 0.481 e. The minimum absolute atomic E-state index is 0.126. The fraction of sp³-hybridized carbons (Fsp3) is 0.750. The Kier molecular flexibility index (Phi) is 7.55. The van der Waals surface area contributed by atoms with Crippen LogP contribution < -0.4 is 10.6 Å². The third kappa shape index (κ3) is 6.64. The Balaban J connectivity index is 4.01. The molecular weight excluding hydrogens is 250 g/mol. The van der Waals surface area contributed by atoms with Crippen LogP contribution in [0.1, 0.15) is 20.3 Å². The lowest BCUT2D eigenvalue weighted by Crippen LogP contribution is -2.43. The second-order valence-electron chi connectivity index (χ2n) is 4.66. The van der Waals surface area contributed by atoms with E-state index in [2.05, 4.69) is 10.6 Å². The highest BCUT2D eigenvalue weighted by atomic mass is 16.4. The number of amides is 3. The lowest BCUT2D eigenvalue weighted by molar-refractivity contribution is -0.141. The number of carbonyl (C=O) groups is 3. The first-order valence-corrected chi connectivity index (χ1v) is 6.23. The Morgan fingerprint density at radius 3 is 2.26 bits per heavy atom. The monoisotopic (exact) mass is 273 g/mol. The van der Waals surface area contributed by atoms with E-state index < -0.39 is 11.9 Å². The molecule has 0 radical (unpaired) electrons. The van der Waals surface area contributed by atoms with Crippen molar-refractivity contribution in [1.82, 2.24) is 15.5 Å². The molecule has 0 fully saturated rings. The van der Waals surface area contributed by atoms with Crippen molar-refractivity contribution in [2.24, 2.45) is 11.8 Å². The third-order valence-corrected chi connectivity index (χ3v) is 2.86. The number of urea groups is 1. The van der Waals surface area contributed by atoms with Crippen LogP contribution in [0.25, 0.3) is 0 Å². The standard InChI is InChI=1S/C12H23N3O4/c1-8(11(17)18)5-6-14-12(19)15(4)7-9(2)10(16)13-3/h8-9H,5-7H2,1-4H3,(H,13,16)(H,14,19)(H,17,18). The highest BCUT2D eigenvalue weighted by Gasteiger charge is 2.17. The van der Waals surface area contributed by atoms with E-state index in [9.17, 15) is 14.4 Å². The van der Waals surface area contributed by atoms with Gasteiger partial charge in [-0.2, -0.15) is 0 Å². The summed E-state index contributed by atoms with van der Waals surface area (Å²) >= 11 is 0. The first kappa shape index (κ1) is 17.2. The predicted octanol–water partition coefficient (Wildman–Crippen LogP) is 0.121. The number of nitrogens with zero attached hydrogens (tertiary/aromatic N) is 1. The smallest absolute Gasteiger partial charge is 0.317 e. The van der Waals surface area contributed by atoms with Gasteiger partial charge in [0.05, 0.1) is 11.8 Å². The Labute approximate surface area is 113 Å². The number of hydrogen-bond donors (Lipinski definition) is 3. The van der Waals surface area contributed by atoms with Gasteiger partial charge in [0.2, 0.25) is 5.91 Å². The van der Waals surface area contributed by atoms with Gasteiger partial charge in [-0.25, -0.2) is 4.79 Å². The van der Waals surface area contributed by atoms with Gasteiger partial charge in [-0.05, 0) is 6.42 Å². The van der Waals surface area contributed by atoms with Gasteiger partial charge < -0.3 is 20.6 Å². The SMILES string of the molecule is CNC(=O)C(C)CN(C)C(=O)NCCC(C)C(=O)O. The average molecular weight is 273 g/mol. The molecule has 19 heavy (non-hydrogen) atoms. The maximum atomic E-state index is 11.7. The van der Waals surface area contributed by atoms with Gasteiger partial charge in [-0.1, -0.05) is 13.8 Å². The molecule has 3 N–H and O–H groups in total. The van der Waals surface area contributed by atoms with Crippen LogP contribution in [0.2, 0.25) is 0 Å². The van der Waals surface area contributed by atoms with Crippen LogP contribution in [0.4, 0.5) is 4.79 Å². The van der Waals surface area contributed by atoms with Crippen LogP contribution in [0.3, 0.4) is 0 Å². The van der Waals surface area contributed by atoms with Crippen LogP contribution in [0.15, 0.2) is 0 Å². The van der Waals surface area contributed by atoms with Crippen molar-refractivity contribution >= 4 is 17.9 Å². The van der Waals surface area contributed by atoms with Crippen molar-refractivity contribution in [3.8, 4) is 0 Å². The van der Waals surface area contributed by atoms with Crippen LogP contribution in [0.5, 0.6) is 0 Å². The Hall–Kier alpha value is -1.79. The highest BCUT2D eigenvalue weighted by Crippen LogP contribution is 2.01. The first-order valence-electron chi connectivity index (χ1n) is 6.23. The summed E-state index contributed by atoms with van der Waals surface area (Å²) in [6.45, 7) is 3.92. The van der Waals surface area contributed by atoms with Crippen molar-refractivity contribution in [1.29, 1.82) is 0 Å². The summed E-state index contributed by atoms with van der Waals surface area (Å²) in [7, 11) is 3.14. The summed E-state index contributed by atoms with van der Waals surface area (Å²) in [6.07, 6.45) is 0.375. The summed E-state index contributed by atoms with van der Waals surface area (Å²) in [4.78, 5) is 35.0. The molecule has 0 aliphatic rings. The van der Waals surface area contributed by atoms with Crippen molar-refractivity contribution in [2.45, 2.75) is 20.3 Å². The number of aliphatic carboxylic acids is 1. The number of hydrogen-bond acceptors (Lipinski definition) is 3. The van der Waals surface area contributed by atoms with Crippen molar-refractivity contribution < 1.29 is 19.5 Å². The summed E-state index contributed by atoms with van der Waals surface area (Å²) in [6, 6.07) is -0.312. The molecule has 7 nitrogen and oxygen atoms in total. The van der Waals surface area contributed by atoms with Gasteiger partial charge in [0.25, 0.3) is 0 Å². The van der Waals surface area contributed by atoms with Crippen LogP contribution in [-0.2, 0) is 9.59 Å². The fourth-order valence-electron chi connectivity index (χ4n) is 1.48. The molecule has 2 atom stereocenters. The number of rotatable bonds is 7. The first-order chi connectivity index (χ1) is 8.79. The molecule has 110 valence electrons. The van der Waals surface area contributed by atoms with Crippen molar-refractivity contribution in [3.05, 3.63) is 0 Å². The zero-order valence-electron chi connectivity index (χ0n) is 11.9. The van der Waals surface area contributed by atoms with E-state index in [-0.39, 0.29) is 17.9 Å². The molecule has 0 aliphatic heterocycles. The van der Waals surface area contributed by atoms with Gasteiger partial charge in [0, 0.05) is 27.2 Å². The normalized spacial score (nSPS) is 13.3. The van der Waals surface area contributed by atoms with Crippen molar-refractivity contribution in [3.63, 3.8) is 0 Å². The van der Waals surface area contributed by atoms with Crippen LogP contribution >= 0.6 is 0 Å². The highest BCUT2D eigenvalue weighted by molar-refractivity contribution is 5.79. The van der Waals surface area contributed by atoms with Gasteiger partial charge in [-0.3, -0.25) is 9.59 Å². The lowest BCUT2D eigenvalue weighted by Gasteiger charge is -2.21. The number of carboxylic acid groups (broad SMARTS) is 1. The number of carboxylic acids is 1. The second kappa shape index (κ2) is 8.34. The van der Waals surface area contributed by atoms with Gasteiger partial charge in [0.15, 0.2) is 0 Å². The fourth-order valence-corrected chi connectivity index (χ4v) is 1.48. The summed E-state index contributed by atoms with van der Waals surface area (Å²) in [5.74, 6) is -1.79. The molecule has 0 aliphatic carbocycles. The predicted molar refractivity (Wildman–Crippen MR) is 70.7 cm³/mol. The van der Waals surface area contributed by atoms with Gasteiger partial charge >= 0.3 is 12.0 Å². The van der Waals surface area contributed by atoms with E-state index in [1.807, 2.05) is 0 Å². The molecule has 0 saturated carbocycles. The Morgan fingerprint density at radius 1 is 1.21 bits per heavy atom. The molecule has 0 spiro atoms. The van der Waals surface area contributed by atoms with Gasteiger partial charge in [0.1, 0.15) is 0 Å². The van der Waals surface area contributed by atoms with E-state index >= 15 is 0 Å². The summed E-state index contributed by atoms with van der Waals surface area (Å²) in [5.41, 5.74) is 0. The van der Waals surface area contributed by atoms with Gasteiger partial charge in [-0.15, -0.1) is 0 Å². The molecule has 7 heteroatoms. The molecule has 0 saturated heterocycles. The molecular formula is C12H23N3O4. The molecule has 3 amide bonds. The minimum atomic E-state index is -0.879. The summed E-state index contributed by atoms with van der Waals surface area (Å²) < 4.78 is 0. The molecule has 2 unspecified atom stereocenters. The minimum Gasteiger partial charge on any atom is -0.481 e. The van der Waals surface area contributed by atoms with E-state index in [4.69, 9.17) is 5.11 Å². The van der Waals surface area contributed by atoms with Crippen molar-refractivity contribution in [2.75, 3.05) is 27.2 Å². The van der Waals surface area contributed by atoms with E-state index in [1.165, 1.54) is 4.90 Å².